The second kappa shape index (κ2) is 5.11. The van der Waals surface area contributed by atoms with E-state index in [1.807, 2.05) is 12.1 Å². The van der Waals surface area contributed by atoms with Gasteiger partial charge >= 0.3 is 0 Å². The minimum Gasteiger partial charge on any atom is -0.490 e. The molecule has 2 aliphatic rings. The van der Waals surface area contributed by atoms with E-state index in [1.165, 1.54) is 18.4 Å². The average molecular weight is 246 g/mol. The topological polar surface area (TPSA) is 35.5 Å². The van der Waals surface area contributed by atoms with E-state index in [2.05, 4.69) is 12.1 Å². The van der Waals surface area contributed by atoms with Crippen molar-refractivity contribution in [1.82, 2.24) is 0 Å². The van der Waals surface area contributed by atoms with Crippen LogP contribution in [0.1, 0.15) is 37.2 Å². The average Bonchev–Trinajstić information content (AvgIpc) is 3.23. The number of Topliss-reactive ketones (excluding diaryl/α,β-unsaturated/α-hetero) is 1. The summed E-state index contributed by atoms with van der Waals surface area (Å²) in [5, 5.41) is 0. The minimum atomic E-state index is -0.373. The number of hydrogen-bond donors (Lipinski definition) is 0. The van der Waals surface area contributed by atoms with E-state index in [-0.39, 0.29) is 11.9 Å². The Balaban J connectivity index is 1.54. The lowest BCUT2D eigenvalue weighted by molar-refractivity contribution is -0.137. The van der Waals surface area contributed by atoms with E-state index in [4.69, 9.17) is 9.47 Å². The predicted octanol–water partition coefficient (Wildman–Crippen LogP) is 2.69. The lowest BCUT2D eigenvalue weighted by Crippen LogP contribution is -2.34. The maximum atomic E-state index is 11.6. The fourth-order valence-corrected chi connectivity index (χ4v) is 2.29. The monoisotopic (exact) mass is 246 g/mol. The first-order valence-electron chi connectivity index (χ1n) is 6.70. The Morgan fingerprint density at radius 2 is 2.00 bits per heavy atom. The molecule has 1 saturated heterocycles. The van der Waals surface area contributed by atoms with Crippen LogP contribution in [0.15, 0.2) is 24.3 Å². The van der Waals surface area contributed by atoms with Crippen molar-refractivity contribution >= 4 is 5.78 Å². The van der Waals surface area contributed by atoms with Crippen LogP contribution in [-0.2, 0) is 9.53 Å². The number of carbonyl (C=O) groups is 1. The first-order chi connectivity index (χ1) is 8.83. The molecule has 2 fully saturated rings. The van der Waals surface area contributed by atoms with Gasteiger partial charge in [0.25, 0.3) is 0 Å². The van der Waals surface area contributed by atoms with Gasteiger partial charge in [0.1, 0.15) is 18.5 Å². The number of hydrogen-bond acceptors (Lipinski definition) is 3. The summed E-state index contributed by atoms with van der Waals surface area (Å²) in [6.07, 6.45) is 3.71. The summed E-state index contributed by atoms with van der Waals surface area (Å²) in [6, 6.07) is 8.22. The third-order valence-corrected chi connectivity index (χ3v) is 3.58. The molecule has 96 valence electrons. The van der Waals surface area contributed by atoms with Crippen LogP contribution < -0.4 is 4.74 Å². The van der Waals surface area contributed by atoms with Crippen LogP contribution in [0, 0.1) is 0 Å². The highest BCUT2D eigenvalue weighted by atomic mass is 16.5. The summed E-state index contributed by atoms with van der Waals surface area (Å²) in [7, 11) is 0. The largest absolute Gasteiger partial charge is 0.490 e. The maximum absolute atomic E-state index is 11.6. The Kier molecular flexibility index (Phi) is 3.33. The van der Waals surface area contributed by atoms with E-state index in [0.717, 1.165) is 18.1 Å². The molecule has 1 saturated carbocycles. The fourth-order valence-electron chi connectivity index (χ4n) is 2.29. The van der Waals surface area contributed by atoms with Crippen molar-refractivity contribution in [1.29, 1.82) is 0 Å². The molecule has 1 aromatic carbocycles. The van der Waals surface area contributed by atoms with Crippen LogP contribution in [-0.4, -0.2) is 25.1 Å². The van der Waals surface area contributed by atoms with E-state index < -0.39 is 0 Å². The standard InChI is InChI=1S/C15H18O3/c16-14-2-1-9-17-15(14)10-18-13-7-5-12(6-8-13)11-3-4-11/h5-8,11,15H,1-4,9-10H2. The molecule has 1 aliphatic carbocycles. The number of ketones is 1. The van der Waals surface area contributed by atoms with Crippen molar-refractivity contribution in [3.63, 3.8) is 0 Å². The molecule has 1 aliphatic heterocycles. The van der Waals surface area contributed by atoms with Crippen molar-refractivity contribution < 1.29 is 14.3 Å². The van der Waals surface area contributed by atoms with Gasteiger partial charge in [0.05, 0.1) is 0 Å². The molecule has 3 heteroatoms. The second-order valence-electron chi connectivity index (χ2n) is 5.08. The molecular weight excluding hydrogens is 228 g/mol. The highest BCUT2D eigenvalue weighted by Crippen LogP contribution is 2.40. The van der Waals surface area contributed by atoms with Crippen molar-refractivity contribution in [3.8, 4) is 5.75 Å². The molecule has 0 spiro atoms. The Morgan fingerprint density at radius 1 is 1.22 bits per heavy atom. The van der Waals surface area contributed by atoms with Crippen LogP contribution in [0.2, 0.25) is 0 Å². The molecule has 1 aromatic rings. The van der Waals surface area contributed by atoms with Crippen LogP contribution in [0.4, 0.5) is 0 Å². The molecule has 0 amide bonds. The van der Waals surface area contributed by atoms with Gasteiger partial charge < -0.3 is 9.47 Å². The Labute approximate surface area is 107 Å². The molecule has 0 bridgehead atoms. The van der Waals surface area contributed by atoms with E-state index >= 15 is 0 Å². The molecule has 18 heavy (non-hydrogen) atoms. The zero-order valence-electron chi connectivity index (χ0n) is 10.4. The van der Waals surface area contributed by atoms with E-state index in [1.54, 1.807) is 0 Å². The van der Waals surface area contributed by atoms with Crippen molar-refractivity contribution in [2.45, 2.75) is 37.7 Å². The summed E-state index contributed by atoms with van der Waals surface area (Å²) in [6.45, 7) is 1.00. The molecule has 3 rings (SSSR count). The van der Waals surface area contributed by atoms with E-state index in [9.17, 15) is 4.79 Å². The molecule has 0 N–H and O–H groups in total. The second-order valence-corrected chi connectivity index (χ2v) is 5.08. The van der Waals surface area contributed by atoms with Crippen molar-refractivity contribution in [2.75, 3.05) is 13.2 Å². The fraction of sp³-hybridized carbons (Fsp3) is 0.533. The van der Waals surface area contributed by atoms with Crippen LogP contribution in [0.3, 0.4) is 0 Å². The van der Waals surface area contributed by atoms with Crippen LogP contribution >= 0.6 is 0 Å². The van der Waals surface area contributed by atoms with Gasteiger partial charge in [-0.3, -0.25) is 4.79 Å². The molecule has 0 radical (unpaired) electrons. The molecule has 1 unspecified atom stereocenters. The smallest absolute Gasteiger partial charge is 0.165 e. The van der Waals surface area contributed by atoms with Gasteiger partial charge in [-0.05, 0) is 42.9 Å². The Bertz CT molecular complexity index is 420. The molecule has 1 atom stereocenters. The van der Waals surface area contributed by atoms with Gasteiger partial charge in [-0.2, -0.15) is 0 Å². The Hall–Kier alpha value is -1.35. The van der Waals surface area contributed by atoms with Crippen LogP contribution in [0.25, 0.3) is 0 Å². The summed E-state index contributed by atoms with van der Waals surface area (Å²) in [4.78, 5) is 11.6. The highest BCUT2D eigenvalue weighted by molar-refractivity contribution is 5.83. The zero-order chi connectivity index (χ0) is 12.4. The first-order valence-corrected chi connectivity index (χ1v) is 6.70. The van der Waals surface area contributed by atoms with Gasteiger partial charge in [0.15, 0.2) is 5.78 Å². The quantitative estimate of drug-likeness (QED) is 0.819. The lowest BCUT2D eigenvalue weighted by Gasteiger charge is -2.21. The van der Waals surface area contributed by atoms with Gasteiger partial charge in [0, 0.05) is 13.0 Å². The third-order valence-electron chi connectivity index (χ3n) is 3.58. The lowest BCUT2D eigenvalue weighted by atomic mass is 10.1. The number of carbonyl (C=O) groups excluding carboxylic acids is 1. The van der Waals surface area contributed by atoms with Gasteiger partial charge in [0.2, 0.25) is 0 Å². The van der Waals surface area contributed by atoms with Crippen LogP contribution in [0.5, 0.6) is 5.75 Å². The van der Waals surface area contributed by atoms with Crippen molar-refractivity contribution in [3.05, 3.63) is 29.8 Å². The highest BCUT2D eigenvalue weighted by Gasteiger charge is 2.24. The predicted molar refractivity (Wildman–Crippen MR) is 67.9 cm³/mol. The number of rotatable bonds is 4. The maximum Gasteiger partial charge on any atom is 0.165 e. The van der Waals surface area contributed by atoms with E-state index in [0.29, 0.717) is 19.6 Å². The summed E-state index contributed by atoms with van der Waals surface area (Å²) in [5.41, 5.74) is 1.40. The molecular formula is C15H18O3. The van der Waals surface area contributed by atoms with Gasteiger partial charge in [-0.25, -0.2) is 0 Å². The summed E-state index contributed by atoms with van der Waals surface area (Å²) >= 11 is 0. The van der Waals surface area contributed by atoms with Gasteiger partial charge in [-0.15, -0.1) is 0 Å². The summed E-state index contributed by atoms with van der Waals surface area (Å²) in [5.74, 6) is 1.75. The first kappa shape index (κ1) is 11.7. The summed E-state index contributed by atoms with van der Waals surface area (Å²) < 4.78 is 11.0. The Morgan fingerprint density at radius 3 is 2.67 bits per heavy atom. The number of benzene rings is 1. The zero-order valence-corrected chi connectivity index (χ0v) is 10.4. The number of ether oxygens (including phenoxy) is 2. The molecule has 1 heterocycles. The normalized spacial score (nSPS) is 24.0. The SMILES string of the molecule is O=C1CCCOC1COc1ccc(C2CC2)cc1. The third kappa shape index (κ3) is 2.72. The van der Waals surface area contributed by atoms with Crippen molar-refractivity contribution in [2.24, 2.45) is 0 Å². The molecule has 0 aromatic heterocycles. The van der Waals surface area contributed by atoms with Gasteiger partial charge in [-0.1, -0.05) is 12.1 Å². The minimum absolute atomic E-state index is 0.163. The molecule has 3 nitrogen and oxygen atoms in total.